The molecular formula is C12H18FN3O2S. The lowest BCUT2D eigenvalue weighted by atomic mass is 10.0. The topological polar surface area (TPSA) is 98.2 Å². The largest absolute Gasteiger partial charge is 0.382 e. The van der Waals surface area contributed by atoms with Crippen molar-refractivity contribution >= 4 is 15.7 Å². The summed E-state index contributed by atoms with van der Waals surface area (Å²) < 4.78 is 35.9. The van der Waals surface area contributed by atoms with Crippen molar-refractivity contribution in [3.63, 3.8) is 0 Å². The van der Waals surface area contributed by atoms with Gasteiger partial charge in [-0.3, -0.25) is 0 Å². The van der Waals surface area contributed by atoms with Crippen molar-refractivity contribution in [1.82, 2.24) is 0 Å². The van der Waals surface area contributed by atoms with Gasteiger partial charge in [-0.25, -0.2) is 17.9 Å². The van der Waals surface area contributed by atoms with Gasteiger partial charge in [0.05, 0.1) is 10.6 Å². The molecule has 106 valence electrons. The Morgan fingerprint density at radius 2 is 2.11 bits per heavy atom. The Labute approximate surface area is 112 Å². The van der Waals surface area contributed by atoms with Crippen LogP contribution in [0.5, 0.6) is 0 Å². The molecule has 1 aromatic rings. The first kappa shape index (κ1) is 14.2. The number of primary sulfonamides is 1. The van der Waals surface area contributed by atoms with E-state index in [1.54, 1.807) is 0 Å². The maximum Gasteiger partial charge on any atom is 0.238 e. The summed E-state index contributed by atoms with van der Waals surface area (Å²) in [5.74, 6) is -0.296. The summed E-state index contributed by atoms with van der Waals surface area (Å²) in [6, 6.07) is 3.75. The summed E-state index contributed by atoms with van der Waals surface area (Å²) in [5, 5.41) is 7.91. The molecule has 7 heteroatoms. The normalized spacial score (nSPS) is 23.5. The molecule has 5 nitrogen and oxygen atoms in total. The molecule has 1 fully saturated rings. The lowest BCUT2D eigenvalue weighted by Gasteiger charge is -2.17. The van der Waals surface area contributed by atoms with E-state index in [2.05, 4.69) is 5.32 Å². The van der Waals surface area contributed by atoms with Gasteiger partial charge in [0.15, 0.2) is 0 Å². The molecule has 2 unspecified atom stereocenters. The fourth-order valence-electron chi connectivity index (χ4n) is 2.38. The average Bonchev–Trinajstić information content (AvgIpc) is 2.72. The van der Waals surface area contributed by atoms with E-state index in [0.717, 1.165) is 25.3 Å². The predicted octanol–water partition coefficient (Wildman–Crippen LogP) is 1.01. The van der Waals surface area contributed by atoms with Gasteiger partial charge in [0.2, 0.25) is 10.0 Å². The lowest BCUT2D eigenvalue weighted by molar-refractivity contribution is 0.503. The van der Waals surface area contributed by atoms with Gasteiger partial charge >= 0.3 is 0 Å². The number of hydrogen-bond acceptors (Lipinski definition) is 4. The van der Waals surface area contributed by atoms with Crippen molar-refractivity contribution in [2.45, 2.75) is 30.2 Å². The summed E-state index contributed by atoms with van der Waals surface area (Å²) >= 11 is 0. The smallest absolute Gasteiger partial charge is 0.238 e. The zero-order chi connectivity index (χ0) is 14.0. The Bertz CT molecular complexity index is 562. The molecule has 0 aromatic heterocycles. The Kier molecular flexibility index (Phi) is 4.07. The minimum absolute atomic E-state index is 0.152. The third-order valence-electron chi connectivity index (χ3n) is 3.54. The van der Waals surface area contributed by atoms with E-state index in [9.17, 15) is 12.8 Å². The summed E-state index contributed by atoms with van der Waals surface area (Å²) in [5.41, 5.74) is 6.20. The molecule has 19 heavy (non-hydrogen) atoms. The number of sulfonamides is 1. The first-order valence-corrected chi connectivity index (χ1v) is 7.74. The second kappa shape index (κ2) is 5.44. The molecule has 0 bridgehead atoms. The molecule has 2 rings (SSSR count). The average molecular weight is 287 g/mol. The maximum absolute atomic E-state index is 13.7. The minimum atomic E-state index is -3.87. The summed E-state index contributed by atoms with van der Waals surface area (Å²) in [6.45, 7) is 0.590. The molecule has 0 aliphatic heterocycles. The van der Waals surface area contributed by atoms with Crippen LogP contribution in [0.2, 0.25) is 0 Å². The summed E-state index contributed by atoms with van der Waals surface area (Å²) in [7, 11) is -3.87. The van der Waals surface area contributed by atoms with Crippen molar-refractivity contribution < 1.29 is 12.8 Å². The Hall–Kier alpha value is -1.18. The first-order chi connectivity index (χ1) is 8.88. The van der Waals surface area contributed by atoms with Crippen LogP contribution in [0.15, 0.2) is 23.1 Å². The highest BCUT2D eigenvalue weighted by Gasteiger charge is 2.23. The number of rotatable bonds is 4. The van der Waals surface area contributed by atoms with E-state index in [-0.39, 0.29) is 16.6 Å². The van der Waals surface area contributed by atoms with Gasteiger partial charge in [0, 0.05) is 12.6 Å². The molecule has 0 amide bonds. The molecular weight excluding hydrogens is 269 g/mol. The molecule has 1 aliphatic carbocycles. The van der Waals surface area contributed by atoms with Gasteiger partial charge in [-0.2, -0.15) is 0 Å². The molecule has 1 aliphatic rings. The van der Waals surface area contributed by atoms with Crippen LogP contribution in [0, 0.1) is 11.7 Å². The highest BCUT2D eigenvalue weighted by Crippen LogP contribution is 2.25. The van der Waals surface area contributed by atoms with Crippen LogP contribution in [0.3, 0.4) is 0 Å². The van der Waals surface area contributed by atoms with E-state index in [0.29, 0.717) is 12.5 Å². The van der Waals surface area contributed by atoms with Crippen molar-refractivity contribution in [2.75, 3.05) is 11.9 Å². The van der Waals surface area contributed by atoms with E-state index in [1.165, 1.54) is 12.1 Å². The van der Waals surface area contributed by atoms with E-state index < -0.39 is 15.8 Å². The van der Waals surface area contributed by atoms with E-state index in [4.69, 9.17) is 10.9 Å². The van der Waals surface area contributed by atoms with Crippen molar-refractivity contribution in [1.29, 1.82) is 0 Å². The van der Waals surface area contributed by atoms with Gasteiger partial charge in [0.1, 0.15) is 5.82 Å². The highest BCUT2D eigenvalue weighted by atomic mass is 32.2. The highest BCUT2D eigenvalue weighted by molar-refractivity contribution is 7.89. The Balaban J connectivity index is 2.05. The van der Waals surface area contributed by atoms with Gasteiger partial charge in [-0.05, 0) is 37.0 Å². The number of halogens is 1. The molecule has 0 spiro atoms. The Morgan fingerprint density at radius 3 is 2.63 bits per heavy atom. The zero-order valence-electron chi connectivity index (χ0n) is 10.5. The quantitative estimate of drug-likeness (QED) is 0.769. The standard InChI is InChI=1S/C12H18FN3O2S/c13-10-6-9(19(15,17)18)4-5-12(10)16-7-8-2-1-3-11(8)14/h4-6,8,11,16H,1-3,7,14H2,(H2,15,17,18). The third kappa shape index (κ3) is 3.43. The fourth-order valence-corrected chi connectivity index (χ4v) is 2.90. The van der Waals surface area contributed by atoms with Crippen LogP contribution >= 0.6 is 0 Å². The van der Waals surface area contributed by atoms with Crippen molar-refractivity contribution in [2.24, 2.45) is 16.8 Å². The maximum atomic E-state index is 13.7. The minimum Gasteiger partial charge on any atom is -0.382 e. The van der Waals surface area contributed by atoms with Crippen LogP contribution in [-0.4, -0.2) is 21.0 Å². The number of nitrogens with two attached hydrogens (primary N) is 2. The number of nitrogens with one attached hydrogen (secondary N) is 1. The van der Waals surface area contributed by atoms with Crippen LogP contribution in [0.4, 0.5) is 10.1 Å². The van der Waals surface area contributed by atoms with Gasteiger partial charge in [0.25, 0.3) is 0 Å². The summed E-state index contributed by atoms with van der Waals surface area (Å²) in [4.78, 5) is -0.229. The lowest BCUT2D eigenvalue weighted by Crippen LogP contribution is -2.29. The molecule has 2 atom stereocenters. The van der Waals surface area contributed by atoms with Gasteiger partial charge in [-0.15, -0.1) is 0 Å². The molecule has 1 aromatic carbocycles. The van der Waals surface area contributed by atoms with Crippen LogP contribution in [0.1, 0.15) is 19.3 Å². The van der Waals surface area contributed by atoms with Crippen LogP contribution in [0.25, 0.3) is 0 Å². The van der Waals surface area contributed by atoms with Crippen molar-refractivity contribution in [3.8, 4) is 0 Å². The third-order valence-corrected chi connectivity index (χ3v) is 4.45. The molecule has 0 radical (unpaired) electrons. The molecule has 0 heterocycles. The van der Waals surface area contributed by atoms with E-state index in [1.807, 2.05) is 0 Å². The second-order valence-electron chi connectivity index (χ2n) is 4.92. The SMILES string of the molecule is NC1CCCC1CNc1ccc(S(N)(=O)=O)cc1F. The van der Waals surface area contributed by atoms with E-state index >= 15 is 0 Å². The van der Waals surface area contributed by atoms with Gasteiger partial charge in [-0.1, -0.05) is 6.42 Å². The number of hydrogen-bond donors (Lipinski definition) is 3. The zero-order valence-corrected chi connectivity index (χ0v) is 11.3. The number of benzene rings is 1. The van der Waals surface area contributed by atoms with Crippen LogP contribution in [-0.2, 0) is 10.0 Å². The van der Waals surface area contributed by atoms with Crippen molar-refractivity contribution in [3.05, 3.63) is 24.0 Å². The molecule has 1 saturated carbocycles. The first-order valence-electron chi connectivity index (χ1n) is 6.20. The van der Waals surface area contributed by atoms with Gasteiger partial charge < -0.3 is 11.1 Å². The predicted molar refractivity (Wildman–Crippen MR) is 71.6 cm³/mol. The fraction of sp³-hybridized carbons (Fsp3) is 0.500. The monoisotopic (exact) mass is 287 g/mol. The molecule has 0 saturated heterocycles. The molecule has 5 N–H and O–H groups in total. The Morgan fingerprint density at radius 1 is 1.37 bits per heavy atom. The second-order valence-corrected chi connectivity index (χ2v) is 6.48. The summed E-state index contributed by atoms with van der Waals surface area (Å²) in [6.07, 6.45) is 3.13. The number of anilines is 1. The van der Waals surface area contributed by atoms with Crippen LogP contribution < -0.4 is 16.2 Å².